The minimum Gasteiger partial charge on any atom is -0.491 e. The molecule has 0 aromatic heterocycles. The molecule has 0 spiro atoms. The van der Waals surface area contributed by atoms with E-state index in [-0.39, 0.29) is 12.1 Å². The summed E-state index contributed by atoms with van der Waals surface area (Å²) in [5, 5.41) is 0. The Kier molecular flexibility index (Phi) is 4.80. The Morgan fingerprint density at radius 1 is 1.00 bits per heavy atom. The lowest BCUT2D eigenvalue weighted by Crippen LogP contribution is -2.08. The van der Waals surface area contributed by atoms with E-state index in [4.69, 9.17) is 10.5 Å². The van der Waals surface area contributed by atoms with E-state index in [1.165, 1.54) is 16.7 Å². The molecule has 2 heteroatoms. The summed E-state index contributed by atoms with van der Waals surface area (Å²) in [6, 6.07) is 16.8. The SMILES string of the molecule is CCC(N)c1cccc(-c2ccc(OC(C)C)cc2)c1. The first-order chi connectivity index (χ1) is 9.60. The number of nitrogens with two attached hydrogens (primary N) is 1. The van der Waals surface area contributed by atoms with E-state index in [1.807, 2.05) is 26.0 Å². The number of rotatable bonds is 5. The minimum absolute atomic E-state index is 0.110. The van der Waals surface area contributed by atoms with Crippen LogP contribution in [0.3, 0.4) is 0 Å². The van der Waals surface area contributed by atoms with Gasteiger partial charge < -0.3 is 10.5 Å². The Bertz CT molecular complexity index is 546. The van der Waals surface area contributed by atoms with Gasteiger partial charge in [-0.2, -0.15) is 0 Å². The van der Waals surface area contributed by atoms with Gasteiger partial charge in [0.15, 0.2) is 0 Å². The Morgan fingerprint density at radius 3 is 2.30 bits per heavy atom. The molecule has 0 aliphatic carbocycles. The van der Waals surface area contributed by atoms with Crippen molar-refractivity contribution in [1.29, 1.82) is 0 Å². The molecular weight excluding hydrogens is 246 g/mol. The summed E-state index contributed by atoms with van der Waals surface area (Å²) >= 11 is 0. The predicted molar refractivity (Wildman–Crippen MR) is 84.9 cm³/mol. The lowest BCUT2D eigenvalue weighted by Gasteiger charge is -2.12. The highest BCUT2D eigenvalue weighted by Crippen LogP contribution is 2.25. The summed E-state index contributed by atoms with van der Waals surface area (Å²) in [5.41, 5.74) is 9.67. The molecule has 0 amide bonds. The molecule has 2 N–H and O–H groups in total. The molecule has 0 aliphatic rings. The summed E-state index contributed by atoms with van der Waals surface area (Å²) in [6.07, 6.45) is 1.15. The molecule has 1 atom stereocenters. The van der Waals surface area contributed by atoms with Crippen LogP contribution in [-0.2, 0) is 0 Å². The normalized spacial score (nSPS) is 12.4. The van der Waals surface area contributed by atoms with E-state index in [9.17, 15) is 0 Å². The van der Waals surface area contributed by atoms with Gasteiger partial charge in [-0.3, -0.25) is 0 Å². The predicted octanol–water partition coefficient (Wildman–Crippen LogP) is 4.55. The Morgan fingerprint density at radius 2 is 1.70 bits per heavy atom. The lowest BCUT2D eigenvalue weighted by atomic mass is 9.99. The molecule has 1 unspecified atom stereocenters. The van der Waals surface area contributed by atoms with Gasteiger partial charge >= 0.3 is 0 Å². The summed E-state index contributed by atoms with van der Waals surface area (Å²) < 4.78 is 5.66. The van der Waals surface area contributed by atoms with E-state index in [2.05, 4.69) is 43.3 Å². The number of hydrogen-bond acceptors (Lipinski definition) is 2. The fourth-order valence-electron chi connectivity index (χ4n) is 2.18. The number of hydrogen-bond donors (Lipinski definition) is 1. The molecule has 0 saturated carbocycles. The first-order valence-electron chi connectivity index (χ1n) is 7.22. The minimum atomic E-state index is 0.110. The van der Waals surface area contributed by atoms with Crippen LogP contribution in [0.1, 0.15) is 38.8 Å². The van der Waals surface area contributed by atoms with Crippen LogP contribution >= 0.6 is 0 Å². The quantitative estimate of drug-likeness (QED) is 0.864. The molecule has 106 valence electrons. The van der Waals surface area contributed by atoms with Gasteiger partial charge in [-0.15, -0.1) is 0 Å². The monoisotopic (exact) mass is 269 g/mol. The van der Waals surface area contributed by atoms with E-state index in [0.29, 0.717) is 0 Å². The van der Waals surface area contributed by atoms with Crippen LogP contribution in [0.4, 0.5) is 0 Å². The molecule has 0 bridgehead atoms. The van der Waals surface area contributed by atoms with Crippen molar-refractivity contribution in [3.05, 3.63) is 54.1 Å². The maximum absolute atomic E-state index is 6.10. The van der Waals surface area contributed by atoms with Gasteiger partial charge in [0.05, 0.1) is 6.10 Å². The van der Waals surface area contributed by atoms with Crippen molar-refractivity contribution < 1.29 is 4.74 Å². The van der Waals surface area contributed by atoms with Crippen molar-refractivity contribution in [2.75, 3.05) is 0 Å². The van der Waals surface area contributed by atoms with Crippen molar-refractivity contribution in [2.45, 2.75) is 39.3 Å². The van der Waals surface area contributed by atoms with E-state index in [1.54, 1.807) is 0 Å². The molecule has 2 nitrogen and oxygen atoms in total. The second-order valence-corrected chi connectivity index (χ2v) is 5.33. The number of ether oxygens (including phenoxy) is 1. The molecule has 2 aromatic carbocycles. The van der Waals surface area contributed by atoms with E-state index < -0.39 is 0 Å². The van der Waals surface area contributed by atoms with E-state index >= 15 is 0 Å². The second-order valence-electron chi connectivity index (χ2n) is 5.33. The summed E-state index contributed by atoms with van der Waals surface area (Å²) in [7, 11) is 0. The molecule has 2 aromatic rings. The third-order valence-corrected chi connectivity index (χ3v) is 3.31. The Labute approximate surface area is 121 Å². The number of benzene rings is 2. The van der Waals surface area contributed by atoms with Gasteiger partial charge in [-0.1, -0.05) is 37.3 Å². The Hall–Kier alpha value is -1.80. The third kappa shape index (κ3) is 3.61. The molecule has 2 rings (SSSR count). The third-order valence-electron chi connectivity index (χ3n) is 3.31. The van der Waals surface area contributed by atoms with Crippen LogP contribution in [0.5, 0.6) is 5.75 Å². The van der Waals surface area contributed by atoms with Crippen molar-refractivity contribution in [2.24, 2.45) is 5.73 Å². The molecule has 0 saturated heterocycles. The first kappa shape index (κ1) is 14.6. The van der Waals surface area contributed by atoms with Crippen LogP contribution in [-0.4, -0.2) is 6.10 Å². The average Bonchev–Trinajstić information content (AvgIpc) is 2.47. The highest BCUT2D eigenvalue weighted by molar-refractivity contribution is 5.65. The zero-order chi connectivity index (χ0) is 14.5. The summed E-state index contributed by atoms with van der Waals surface area (Å²) in [5.74, 6) is 0.908. The fraction of sp³-hybridized carbons (Fsp3) is 0.333. The molecule has 0 fully saturated rings. The zero-order valence-corrected chi connectivity index (χ0v) is 12.5. The van der Waals surface area contributed by atoms with Crippen LogP contribution < -0.4 is 10.5 Å². The fourth-order valence-corrected chi connectivity index (χ4v) is 2.18. The maximum atomic E-state index is 6.10. The van der Waals surface area contributed by atoms with Crippen molar-refractivity contribution in [3.63, 3.8) is 0 Å². The average molecular weight is 269 g/mol. The lowest BCUT2D eigenvalue weighted by molar-refractivity contribution is 0.242. The zero-order valence-electron chi connectivity index (χ0n) is 12.5. The summed E-state index contributed by atoms with van der Waals surface area (Å²) in [4.78, 5) is 0. The smallest absolute Gasteiger partial charge is 0.119 e. The molecule has 0 aliphatic heterocycles. The second kappa shape index (κ2) is 6.58. The van der Waals surface area contributed by atoms with Gasteiger partial charge in [-0.05, 0) is 55.2 Å². The van der Waals surface area contributed by atoms with Crippen molar-refractivity contribution >= 4 is 0 Å². The molecule has 20 heavy (non-hydrogen) atoms. The standard InChI is InChI=1S/C18H23NO/c1-4-18(19)16-7-5-6-15(12-16)14-8-10-17(11-9-14)20-13(2)3/h5-13,18H,4,19H2,1-3H3. The van der Waals surface area contributed by atoms with Gasteiger partial charge in [0.2, 0.25) is 0 Å². The van der Waals surface area contributed by atoms with Crippen LogP contribution in [0.15, 0.2) is 48.5 Å². The topological polar surface area (TPSA) is 35.2 Å². The van der Waals surface area contributed by atoms with Gasteiger partial charge in [-0.25, -0.2) is 0 Å². The highest BCUT2D eigenvalue weighted by Gasteiger charge is 2.05. The summed E-state index contributed by atoms with van der Waals surface area (Å²) in [6.45, 7) is 6.17. The van der Waals surface area contributed by atoms with Gasteiger partial charge in [0.1, 0.15) is 5.75 Å². The van der Waals surface area contributed by atoms with Crippen molar-refractivity contribution in [1.82, 2.24) is 0 Å². The maximum Gasteiger partial charge on any atom is 0.119 e. The molecule has 0 radical (unpaired) electrons. The largest absolute Gasteiger partial charge is 0.491 e. The van der Waals surface area contributed by atoms with Crippen LogP contribution in [0.25, 0.3) is 11.1 Å². The van der Waals surface area contributed by atoms with Gasteiger partial charge in [0.25, 0.3) is 0 Å². The van der Waals surface area contributed by atoms with Crippen LogP contribution in [0.2, 0.25) is 0 Å². The van der Waals surface area contributed by atoms with E-state index in [0.717, 1.165) is 12.2 Å². The van der Waals surface area contributed by atoms with Crippen molar-refractivity contribution in [3.8, 4) is 16.9 Å². The van der Waals surface area contributed by atoms with Gasteiger partial charge in [0, 0.05) is 6.04 Å². The molecule has 0 heterocycles. The first-order valence-corrected chi connectivity index (χ1v) is 7.22. The Balaban J connectivity index is 2.23. The molecular formula is C18H23NO. The highest BCUT2D eigenvalue weighted by atomic mass is 16.5. The van der Waals surface area contributed by atoms with Crippen LogP contribution in [0, 0.1) is 0 Å².